The first-order valence-electron chi connectivity index (χ1n) is 6.69. The topological polar surface area (TPSA) is 52.5 Å². The van der Waals surface area contributed by atoms with Crippen LogP contribution in [0.3, 0.4) is 0 Å². The van der Waals surface area contributed by atoms with E-state index in [-0.39, 0.29) is 56.9 Å². The Labute approximate surface area is 181 Å². The van der Waals surface area contributed by atoms with Crippen LogP contribution in [0.5, 0.6) is 0 Å². The largest absolute Gasteiger partial charge is 1.00 e. The molecule has 2 aromatic rings. The molecule has 0 atom stereocenters. The van der Waals surface area contributed by atoms with Crippen LogP contribution < -0.4 is 56.5 Å². The van der Waals surface area contributed by atoms with Crippen LogP contribution in [0.25, 0.3) is 0 Å². The number of halogens is 3. The molecule has 0 fully saturated rings. The number of hydrogen-bond acceptors (Lipinski definition) is 3. The Morgan fingerprint density at radius 1 is 1.00 bits per heavy atom. The van der Waals surface area contributed by atoms with E-state index < -0.39 is 24.4 Å². The Morgan fingerprint density at radius 2 is 1.46 bits per heavy atom. The van der Waals surface area contributed by atoms with Crippen molar-refractivity contribution in [2.75, 3.05) is 6.54 Å². The Morgan fingerprint density at radius 3 is 1.79 bits per heavy atom. The maximum Gasteiger partial charge on any atom is 1.00 e. The predicted octanol–water partition coefficient (Wildman–Crippen LogP) is -0.213. The molecule has 0 bridgehead atoms. The number of carbonyl (C=O) groups is 1. The molecule has 3 nitrogen and oxygen atoms in total. The summed E-state index contributed by atoms with van der Waals surface area (Å²) >= 11 is 0. The van der Waals surface area contributed by atoms with Crippen LogP contribution in [0.15, 0.2) is 65.7 Å². The SMILES string of the molecule is Cc1ccccc1.O=C([O-])CN=C(c1ccccc1)C(F)(F)F.[K+]. The molecular weight excluding hydrogens is 346 g/mol. The van der Waals surface area contributed by atoms with Crippen molar-refractivity contribution in [2.45, 2.75) is 13.1 Å². The summed E-state index contributed by atoms with van der Waals surface area (Å²) in [4.78, 5) is 13.1. The van der Waals surface area contributed by atoms with E-state index in [0.29, 0.717) is 0 Å². The molecule has 7 heteroatoms. The van der Waals surface area contributed by atoms with Crippen molar-refractivity contribution in [3.05, 3.63) is 71.8 Å². The first-order valence-corrected chi connectivity index (χ1v) is 6.69. The third-order valence-corrected chi connectivity index (χ3v) is 2.62. The number of carboxylic acids is 1. The van der Waals surface area contributed by atoms with Gasteiger partial charge in [-0.25, -0.2) is 0 Å². The number of rotatable bonds is 3. The third kappa shape index (κ3) is 9.34. The molecule has 0 aliphatic heterocycles. The van der Waals surface area contributed by atoms with E-state index in [0.717, 1.165) is 0 Å². The van der Waals surface area contributed by atoms with E-state index in [1.54, 1.807) is 6.07 Å². The summed E-state index contributed by atoms with van der Waals surface area (Å²) in [6.07, 6.45) is -4.68. The number of hydrogen-bond donors (Lipinski definition) is 0. The first-order chi connectivity index (χ1) is 10.8. The average Bonchev–Trinajstić information content (AvgIpc) is 2.48. The zero-order chi connectivity index (χ0) is 17.3. The van der Waals surface area contributed by atoms with Gasteiger partial charge in [0.25, 0.3) is 0 Å². The fraction of sp³-hybridized carbons (Fsp3) is 0.176. The van der Waals surface area contributed by atoms with Gasteiger partial charge in [0.1, 0.15) is 5.71 Å². The molecule has 0 aliphatic rings. The minimum Gasteiger partial charge on any atom is -0.548 e. The number of benzene rings is 2. The maximum absolute atomic E-state index is 12.5. The summed E-state index contributed by atoms with van der Waals surface area (Å²) in [5.74, 6) is -1.65. The molecule has 2 aromatic carbocycles. The van der Waals surface area contributed by atoms with Crippen LogP contribution in [0.1, 0.15) is 11.1 Å². The van der Waals surface area contributed by atoms with Gasteiger partial charge in [0.2, 0.25) is 0 Å². The molecule has 0 saturated carbocycles. The number of nitrogens with zero attached hydrogens (tertiary/aromatic N) is 1. The molecule has 0 aromatic heterocycles. The van der Waals surface area contributed by atoms with Crippen LogP contribution in [0.2, 0.25) is 0 Å². The van der Waals surface area contributed by atoms with Crippen LogP contribution in [-0.4, -0.2) is 24.4 Å². The summed E-state index contributed by atoms with van der Waals surface area (Å²) in [7, 11) is 0. The number of aliphatic imine (C=N–C) groups is 1. The van der Waals surface area contributed by atoms with Gasteiger partial charge in [-0.1, -0.05) is 66.2 Å². The second-order valence-corrected chi connectivity index (χ2v) is 4.56. The monoisotopic (exact) mass is 361 g/mol. The van der Waals surface area contributed by atoms with Gasteiger partial charge in [-0.15, -0.1) is 0 Å². The van der Waals surface area contributed by atoms with Crippen molar-refractivity contribution in [1.29, 1.82) is 0 Å². The predicted molar refractivity (Wildman–Crippen MR) is 80.1 cm³/mol. The Hall–Kier alpha value is -0.994. The van der Waals surface area contributed by atoms with Crippen LogP contribution in [0, 0.1) is 6.92 Å². The molecule has 0 radical (unpaired) electrons. The molecule has 122 valence electrons. The van der Waals surface area contributed by atoms with Gasteiger partial charge in [-0.3, -0.25) is 4.99 Å². The number of carbonyl (C=O) groups excluding carboxylic acids is 1. The van der Waals surface area contributed by atoms with Gasteiger partial charge in [0.05, 0.1) is 12.5 Å². The fourth-order valence-electron chi connectivity index (χ4n) is 1.62. The zero-order valence-electron chi connectivity index (χ0n) is 13.4. The van der Waals surface area contributed by atoms with E-state index in [1.807, 2.05) is 18.2 Å². The zero-order valence-corrected chi connectivity index (χ0v) is 16.5. The van der Waals surface area contributed by atoms with Crippen LogP contribution >= 0.6 is 0 Å². The van der Waals surface area contributed by atoms with E-state index in [2.05, 4.69) is 24.0 Å². The Bertz CT molecular complexity index is 644. The van der Waals surface area contributed by atoms with Crippen LogP contribution in [0.4, 0.5) is 13.2 Å². The standard InChI is InChI=1S/C10H8F3NO2.C7H8.K/c11-10(12,13)9(14-6-8(15)16)7-4-2-1-3-5-7;1-7-5-3-2-4-6-7;/h1-5H,6H2,(H,15,16);2-6H,1H3;/q;;+1/p-1. The molecule has 0 aliphatic carbocycles. The molecule has 0 saturated heterocycles. The number of aliphatic carboxylic acids is 1. The van der Waals surface area contributed by atoms with Gasteiger partial charge in [-0.2, -0.15) is 13.2 Å². The molecule has 0 unspecified atom stereocenters. The molecular formula is C17H15F3KNO2. The van der Waals surface area contributed by atoms with Gasteiger partial charge in [0.15, 0.2) is 0 Å². The van der Waals surface area contributed by atoms with Gasteiger partial charge < -0.3 is 9.90 Å². The minimum atomic E-state index is -4.68. The number of alkyl halides is 3. The second kappa shape index (κ2) is 11.5. The first kappa shape index (κ1) is 23.0. The second-order valence-electron chi connectivity index (χ2n) is 4.56. The minimum absolute atomic E-state index is 0. The van der Waals surface area contributed by atoms with Crippen molar-refractivity contribution in [1.82, 2.24) is 0 Å². The van der Waals surface area contributed by atoms with E-state index in [9.17, 15) is 23.1 Å². The van der Waals surface area contributed by atoms with Crippen molar-refractivity contribution in [3.8, 4) is 0 Å². The fourth-order valence-corrected chi connectivity index (χ4v) is 1.62. The smallest absolute Gasteiger partial charge is 0.548 e. The van der Waals surface area contributed by atoms with E-state index in [1.165, 1.54) is 29.8 Å². The van der Waals surface area contributed by atoms with Crippen LogP contribution in [-0.2, 0) is 4.79 Å². The van der Waals surface area contributed by atoms with Gasteiger partial charge in [-0.05, 0) is 6.92 Å². The maximum atomic E-state index is 12.5. The summed E-state index contributed by atoms with van der Waals surface area (Å²) in [6.45, 7) is 1.07. The van der Waals surface area contributed by atoms with Crippen molar-refractivity contribution in [2.24, 2.45) is 4.99 Å². The molecule has 24 heavy (non-hydrogen) atoms. The molecule has 0 N–H and O–H groups in total. The molecule has 2 rings (SSSR count). The number of carboxylic acid groups (broad SMARTS) is 1. The van der Waals surface area contributed by atoms with Crippen molar-refractivity contribution in [3.63, 3.8) is 0 Å². The van der Waals surface area contributed by atoms with Gasteiger partial charge in [0, 0.05) is 5.56 Å². The van der Waals surface area contributed by atoms with Gasteiger partial charge >= 0.3 is 57.6 Å². The number of aryl methyl sites for hydroxylation is 1. The van der Waals surface area contributed by atoms with Crippen molar-refractivity contribution >= 4 is 11.7 Å². The Balaban J connectivity index is 0.000000555. The quantitative estimate of drug-likeness (QED) is 0.561. The van der Waals surface area contributed by atoms with E-state index in [4.69, 9.17) is 0 Å². The normalized spacial score (nSPS) is 10.9. The third-order valence-electron chi connectivity index (χ3n) is 2.62. The summed E-state index contributed by atoms with van der Waals surface area (Å²) in [6, 6.07) is 17.1. The summed E-state index contributed by atoms with van der Waals surface area (Å²) in [5, 5.41) is 10.1. The molecule has 0 amide bonds. The molecule has 0 heterocycles. The summed E-state index contributed by atoms with van der Waals surface area (Å²) < 4.78 is 37.5. The van der Waals surface area contributed by atoms with Crippen molar-refractivity contribution < 1.29 is 74.5 Å². The van der Waals surface area contributed by atoms with E-state index >= 15 is 0 Å². The Kier molecular flexibility index (Phi) is 11.1. The summed E-state index contributed by atoms with van der Waals surface area (Å²) in [5.41, 5.74) is -0.0592. The average molecular weight is 361 g/mol. The molecule has 0 spiro atoms.